The minimum Gasteiger partial charge on any atom is -0.507 e. The van der Waals surface area contributed by atoms with Gasteiger partial charge in [-0.3, -0.25) is 14.5 Å². The first-order chi connectivity index (χ1) is 17.4. The second-order valence-electron chi connectivity index (χ2n) is 8.36. The largest absolute Gasteiger partial charge is 0.507 e. The molecule has 1 saturated heterocycles. The van der Waals surface area contributed by atoms with E-state index in [0.717, 1.165) is 12.8 Å². The minimum absolute atomic E-state index is 0.0416. The molecule has 0 bridgehead atoms. The number of aliphatic hydroxyl groups is 1. The highest BCUT2D eigenvalue weighted by Gasteiger charge is 2.48. The van der Waals surface area contributed by atoms with Gasteiger partial charge in [0, 0.05) is 11.6 Å². The van der Waals surface area contributed by atoms with Gasteiger partial charge in [-0.2, -0.15) is 0 Å². The molecule has 8 nitrogen and oxygen atoms in total. The molecule has 2 aromatic carbocycles. The number of rotatable bonds is 10. The van der Waals surface area contributed by atoms with Crippen molar-refractivity contribution in [3.63, 3.8) is 0 Å². The summed E-state index contributed by atoms with van der Waals surface area (Å²) in [6, 6.07) is 14.4. The number of aryl methyl sites for hydroxylation is 1. The van der Waals surface area contributed by atoms with Crippen molar-refractivity contribution in [1.82, 2.24) is 5.16 Å². The topological polar surface area (TPSA) is 102 Å². The van der Waals surface area contributed by atoms with Crippen molar-refractivity contribution >= 4 is 23.3 Å². The third-order valence-electron chi connectivity index (χ3n) is 5.76. The van der Waals surface area contributed by atoms with Gasteiger partial charge in [-0.25, -0.2) is 0 Å². The molecule has 36 heavy (non-hydrogen) atoms. The molecule has 2 heterocycles. The Kier molecular flexibility index (Phi) is 7.53. The maximum Gasteiger partial charge on any atom is 0.301 e. The van der Waals surface area contributed by atoms with Gasteiger partial charge < -0.3 is 19.1 Å². The Bertz CT molecular complexity index is 1270. The molecule has 0 spiro atoms. The highest BCUT2D eigenvalue weighted by atomic mass is 16.5. The maximum absolute atomic E-state index is 13.2. The molecule has 0 aliphatic carbocycles. The molecule has 1 N–H and O–H groups in total. The number of aromatic nitrogens is 1. The molecule has 1 aliphatic heterocycles. The molecule has 0 saturated carbocycles. The number of Topliss-reactive ketones (excluding diaryl/α,β-unsaturated/α-hetero) is 1. The molecule has 0 unspecified atom stereocenters. The van der Waals surface area contributed by atoms with E-state index in [4.69, 9.17) is 14.0 Å². The van der Waals surface area contributed by atoms with E-state index in [2.05, 4.69) is 18.7 Å². The van der Waals surface area contributed by atoms with Gasteiger partial charge in [0.15, 0.2) is 5.82 Å². The predicted octanol–water partition coefficient (Wildman–Crippen LogP) is 5.35. The lowest BCUT2D eigenvalue weighted by molar-refractivity contribution is -0.132. The molecular weight excluding hydrogens is 460 g/mol. The van der Waals surface area contributed by atoms with Crippen LogP contribution in [0.2, 0.25) is 0 Å². The van der Waals surface area contributed by atoms with E-state index < -0.39 is 17.7 Å². The van der Waals surface area contributed by atoms with E-state index in [9.17, 15) is 14.7 Å². The van der Waals surface area contributed by atoms with Gasteiger partial charge in [-0.05, 0) is 55.3 Å². The second kappa shape index (κ2) is 10.9. The molecule has 1 amide bonds. The first kappa shape index (κ1) is 24.8. The van der Waals surface area contributed by atoms with Crippen molar-refractivity contribution in [3.05, 3.63) is 89.7 Å². The molecular formula is C28H28N2O6. The summed E-state index contributed by atoms with van der Waals surface area (Å²) in [4.78, 5) is 27.6. The first-order valence-corrected chi connectivity index (χ1v) is 11.8. The molecule has 1 atom stereocenters. The van der Waals surface area contributed by atoms with Crippen molar-refractivity contribution in [3.8, 4) is 11.5 Å². The molecule has 3 aromatic rings. The lowest BCUT2D eigenvalue weighted by atomic mass is 9.95. The van der Waals surface area contributed by atoms with E-state index in [1.807, 2.05) is 0 Å². The third kappa shape index (κ3) is 5.02. The maximum atomic E-state index is 13.2. The summed E-state index contributed by atoms with van der Waals surface area (Å²) in [6.07, 6.45) is 3.59. The highest BCUT2D eigenvalue weighted by molar-refractivity contribution is 6.51. The van der Waals surface area contributed by atoms with Crippen LogP contribution in [0.25, 0.3) is 5.76 Å². The van der Waals surface area contributed by atoms with Crippen LogP contribution in [-0.2, 0) is 9.59 Å². The van der Waals surface area contributed by atoms with E-state index in [-0.39, 0.29) is 17.2 Å². The van der Waals surface area contributed by atoms with Gasteiger partial charge in [0.2, 0.25) is 0 Å². The standard InChI is InChI=1S/C28H28N2O6/c1-4-6-16-35-22-13-9-20(10-14-22)26(31)24-25(19-7-11-21(12-8-19)34-15-5-2)30(28(33)27(24)32)23-17-18(3)36-29-23/h5,7-14,17,25,31H,2,4,6,15-16H2,1,3H3/t25-/m1/s1. The summed E-state index contributed by atoms with van der Waals surface area (Å²) in [5.41, 5.74) is 0.949. The fraction of sp³-hybridized carbons (Fsp3) is 0.250. The first-order valence-electron chi connectivity index (χ1n) is 11.8. The van der Waals surface area contributed by atoms with Crippen molar-refractivity contribution in [2.75, 3.05) is 18.1 Å². The molecule has 186 valence electrons. The van der Waals surface area contributed by atoms with Crippen LogP contribution >= 0.6 is 0 Å². The van der Waals surface area contributed by atoms with Crippen LogP contribution in [0, 0.1) is 6.92 Å². The van der Waals surface area contributed by atoms with Crippen molar-refractivity contribution < 1.29 is 28.7 Å². The minimum atomic E-state index is -0.913. The average Bonchev–Trinajstić information content (AvgIpc) is 3.43. The van der Waals surface area contributed by atoms with Crippen LogP contribution in [0.1, 0.15) is 42.7 Å². The number of hydrogen-bond donors (Lipinski definition) is 1. The Labute approximate surface area is 209 Å². The van der Waals surface area contributed by atoms with Crippen LogP contribution in [0.3, 0.4) is 0 Å². The Balaban J connectivity index is 1.76. The number of unbranched alkanes of at least 4 members (excludes halogenated alkanes) is 1. The van der Waals surface area contributed by atoms with E-state index in [1.165, 1.54) is 4.90 Å². The van der Waals surface area contributed by atoms with Crippen molar-refractivity contribution in [2.24, 2.45) is 0 Å². The van der Waals surface area contributed by atoms with Gasteiger partial charge in [-0.1, -0.05) is 43.3 Å². The highest BCUT2D eigenvalue weighted by Crippen LogP contribution is 2.42. The number of ketones is 1. The van der Waals surface area contributed by atoms with Crippen molar-refractivity contribution in [1.29, 1.82) is 0 Å². The van der Waals surface area contributed by atoms with E-state index >= 15 is 0 Å². The van der Waals surface area contributed by atoms with Crippen LogP contribution in [-0.4, -0.2) is 35.2 Å². The molecule has 1 aromatic heterocycles. The molecule has 1 aliphatic rings. The zero-order valence-electron chi connectivity index (χ0n) is 20.3. The summed E-state index contributed by atoms with van der Waals surface area (Å²) >= 11 is 0. The second-order valence-corrected chi connectivity index (χ2v) is 8.36. The Morgan fingerprint density at radius 3 is 2.39 bits per heavy atom. The van der Waals surface area contributed by atoms with Gasteiger partial charge in [-0.15, -0.1) is 0 Å². The normalized spacial score (nSPS) is 16.8. The Hall–Kier alpha value is -4.33. The van der Waals surface area contributed by atoms with Gasteiger partial charge in [0.25, 0.3) is 5.78 Å². The monoisotopic (exact) mass is 488 g/mol. The summed E-state index contributed by atoms with van der Waals surface area (Å²) in [5, 5.41) is 15.2. The summed E-state index contributed by atoms with van der Waals surface area (Å²) in [7, 11) is 0. The Morgan fingerprint density at radius 2 is 1.78 bits per heavy atom. The number of carbonyl (C=O) groups is 2. The number of carbonyl (C=O) groups excluding carboxylic acids is 2. The predicted molar refractivity (Wildman–Crippen MR) is 135 cm³/mol. The lowest BCUT2D eigenvalue weighted by Gasteiger charge is -2.23. The zero-order valence-corrected chi connectivity index (χ0v) is 20.3. The van der Waals surface area contributed by atoms with Crippen LogP contribution in [0.4, 0.5) is 5.82 Å². The molecule has 8 heteroatoms. The number of amides is 1. The zero-order chi connectivity index (χ0) is 25.7. The van der Waals surface area contributed by atoms with E-state index in [1.54, 1.807) is 67.6 Å². The number of nitrogens with zero attached hydrogens (tertiary/aromatic N) is 2. The molecule has 4 rings (SSSR count). The van der Waals surface area contributed by atoms with Crippen LogP contribution in [0.15, 0.2) is 77.3 Å². The average molecular weight is 489 g/mol. The van der Waals surface area contributed by atoms with Gasteiger partial charge in [0.1, 0.15) is 29.6 Å². The summed E-state index contributed by atoms with van der Waals surface area (Å²) < 4.78 is 16.4. The number of anilines is 1. The lowest BCUT2D eigenvalue weighted by Crippen LogP contribution is -2.29. The molecule has 1 fully saturated rings. The van der Waals surface area contributed by atoms with Crippen molar-refractivity contribution in [2.45, 2.75) is 32.7 Å². The quantitative estimate of drug-likeness (QED) is 0.135. The summed E-state index contributed by atoms with van der Waals surface area (Å²) in [5.74, 6) is 0.0300. The van der Waals surface area contributed by atoms with Gasteiger partial charge >= 0.3 is 5.91 Å². The number of aliphatic hydroxyl groups excluding tert-OH is 1. The Morgan fingerprint density at radius 1 is 1.11 bits per heavy atom. The van der Waals surface area contributed by atoms with Crippen LogP contribution < -0.4 is 14.4 Å². The van der Waals surface area contributed by atoms with E-state index in [0.29, 0.717) is 41.6 Å². The van der Waals surface area contributed by atoms with Crippen LogP contribution in [0.5, 0.6) is 11.5 Å². The number of ether oxygens (including phenoxy) is 2. The third-order valence-corrected chi connectivity index (χ3v) is 5.76. The molecule has 0 radical (unpaired) electrons. The number of benzene rings is 2. The van der Waals surface area contributed by atoms with Gasteiger partial charge in [0.05, 0.1) is 18.2 Å². The smallest absolute Gasteiger partial charge is 0.301 e. The fourth-order valence-corrected chi connectivity index (χ4v) is 3.95. The summed E-state index contributed by atoms with van der Waals surface area (Å²) in [6.45, 7) is 8.35. The fourth-order valence-electron chi connectivity index (χ4n) is 3.95. The number of hydrogen-bond acceptors (Lipinski definition) is 7. The SMILES string of the molecule is C=CCOc1ccc([C@@H]2C(=C(O)c3ccc(OCCCC)cc3)C(=O)C(=O)N2c2cc(C)on2)cc1.